The second kappa shape index (κ2) is 4.63. The fraction of sp³-hybridized carbons (Fsp3) is 0.562. The first-order chi connectivity index (χ1) is 9.78. The van der Waals surface area contributed by atoms with Gasteiger partial charge in [0, 0.05) is 17.4 Å². The van der Waals surface area contributed by atoms with E-state index in [-0.39, 0.29) is 11.5 Å². The van der Waals surface area contributed by atoms with Crippen molar-refractivity contribution in [3.8, 4) is 5.95 Å². The number of hydrogen-bond donors (Lipinski definition) is 1. The van der Waals surface area contributed by atoms with Crippen molar-refractivity contribution in [2.45, 2.75) is 53.5 Å². The predicted octanol–water partition coefficient (Wildman–Crippen LogP) is 2.56. The first kappa shape index (κ1) is 14.2. The van der Waals surface area contributed by atoms with Crippen molar-refractivity contribution in [2.24, 2.45) is 11.1 Å². The molecule has 3 rings (SSSR count). The molecule has 0 aliphatic heterocycles. The number of aryl methyl sites for hydroxylation is 3. The Morgan fingerprint density at radius 3 is 2.57 bits per heavy atom. The Kier molecular flexibility index (Phi) is 3.13. The van der Waals surface area contributed by atoms with Crippen molar-refractivity contribution in [1.29, 1.82) is 0 Å². The van der Waals surface area contributed by atoms with Crippen LogP contribution in [0, 0.1) is 26.2 Å². The molecule has 0 bridgehead atoms. The van der Waals surface area contributed by atoms with Crippen LogP contribution in [-0.2, 0) is 6.42 Å². The Bertz CT molecular complexity index is 699. The maximum Gasteiger partial charge on any atom is 0.254 e. The lowest BCUT2D eigenvalue weighted by Gasteiger charge is -2.34. The van der Waals surface area contributed by atoms with E-state index in [4.69, 9.17) is 5.73 Å². The maximum atomic E-state index is 6.37. The van der Waals surface area contributed by atoms with Crippen LogP contribution >= 0.6 is 0 Å². The van der Waals surface area contributed by atoms with Crippen LogP contribution in [0.3, 0.4) is 0 Å². The lowest BCUT2D eigenvalue weighted by Crippen LogP contribution is -2.30. The average Bonchev–Trinajstić information content (AvgIpc) is 2.68. The van der Waals surface area contributed by atoms with Crippen molar-refractivity contribution < 1.29 is 0 Å². The second-order valence-electron chi connectivity index (χ2n) is 6.96. The summed E-state index contributed by atoms with van der Waals surface area (Å²) in [5.41, 5.74) is 11.9. The molecule has 0 saturated carbocycles. The van der Waals surface area contributed by atoms with Crippen LogP contribution in [-0.4, -0.2) is 19.7 Å². The zero-order valence-corrected chi connectivity index (χ0v) is 13.4. The number of nitrogens with two attached hydrogens (primary N) is 1. The molecule has 1 aliphatic rings. The van der Waals surface area contributed by atoms with E-state index in [1.165, 1.54) is 11.3 Å². The number of fused-ring (bicyclic) bond motifs is 1. The third kappa shape index (κ3) is 2.35. The highest BCUT2D eigenvalue weighted by Gasteiger charge is 2.34. The molecule has 0 amide bonds. The topological polar surface area (TPSA) is 69.6 Å². The van der Waals surface area contributed by atoms with Crippen molar-refractivity contribution >= 4 is 0 Å². The van der Waals surface area contributed by atoms with Gasteiger partial charge in [-0.05, 0) is 50.7 Å². The summed E-state index contributed by atoms with van der Waals surface area (Å²) in [5.74, 6) is 0.654. The van der Waals surface area contributed by atoms with Crippen molar-refractivity contribution in [3.63, 3.8) is 0 Å². The van der Waals surface area contributed by atoms with Gasteiger partial charge in [-0.15, -0.1) is 5.10 Å². The summed E-state index contributed by atoms with van der Waals surface area (Å²) < 4.78 is 2.12. The fourth-order valence-corrected chi connectivity index (χ4v) is 3.27. The Labute approximate surface area is 125 Å². The van der Waals surface area contributed by atoms with Gasteiger partial charge in [0.1, 0.15) is 0 Å². The molecule has 2 N–H and O–H groups in total. The Morgan fingerprint density at radius 1 is 1.19 bits per heavy atom. The van der Waals surface area contributed by atoms with Gasteiger partial charge >= 0.3 is 0 Å². The monoisotopic (exact) mass is 285 g/mol. The number of rotatable bonds is 1. The van der Waals surface area contributed by atoms with E-state index in [0.29, 0.717) is 5.95 Å². The van der Waals surface area contributed by atoms with Gasteiger partial charge in [-0.3, -0.25) is 4.57 Å². The van der Waals surface area contributed by atoms with E-state index in [9.17, 15) is 0 Å². The highest BCUT2D eigenvalue weighted by molar-refractivity contribution is 5.39. The SMILES string of the molecule is Cc1nnc(-n2c(C)cc3c2CC(C)(C)CC3N)nc1C. The summed E-state index contributed by atoms with van der Waals surface area (Å²) in [6.07, 6.45) is 2.00. The molecule has 2 aromatic rings. The molecule has 2 aromatic heterocycles. The summed E-state index contributed by atoms with van der Waals surface area (Å²) in [6, 6.07) is 2.26. The van der Waals surface area contributed by atoms with Crippen molar-refractivity contribution in [2.75, 3.05) is 0 Å². The number of hydrogen-bond acceptors (Lipinski definition) is 4. The van der Waals surface area contributed by atoms with Crippen molar-refractivity contribution in [1.82, 2.24) is 19.7 Å². The number of nitrogens with zero attached hydrogens (tertiary/aromatic N) is 4. The van der Waals surface area contributed by atoms with E-state index >= 15 is 0 Å². The molecular weight excluding hydrogens is 262 g/mol. The number of aromatic nitrogens is 4. The van der Waals surface area contributed by atoms with E-state index < -0.39 is 0 Å². The summed E-state index contributed by atoms with van der Waals surface area (Å²) in [5, 5.41) is 8.50. The van der Waals surface area contributed by atoms with Gasteiger partial charge in [0.15, 0.2) is 0 Å². The first-order valence-electron chi connectivity index (χ1n) is 7.43. The molecule has 1 unspecified atom stereocenters. The van der Waals surface area contributed by atoms with E-state index in [0.717, 1.165) is 29.9 Å². The minimum atomic E-state index is 0.0863. The van der Waals surface area contributed by atoms with Crippen LogP contribution in [0.15, 0.2) is 6.07 Å². The van der Waals surface area contributed by atoms with Crippen LogP contribution in [0.25, 0.3) is 5.95 Å². The third-order valence-electron chi connectivity index (χ3n) is 4.42. The summed E-state index contributed by atoms with van der Waals surface area (Å²) in [7, 11) is 0. The van der Waals surface area contributed by atoms with Gasteiger partial charge in [0.25, 0.3) is 5.95 Å². The predicted molar refractivity (Wildman–Crippen MR) is 82.4 cm³/mol. The zero-order chi connectivity index (χ0) is 15.4. The molecule has 21 heavy (non-hydrogen) atoms. The Balaban J connectivity index is 2.18. The second-order valence-corrected chi connectivity index (χ2v) is 6.96. The highest BCUT2D eigenvalue weighted by atomic mass is 15.3. The molecular formula is C16H23N5. The van der Waals surface area contributed by atoms with E-state index in [2.05, 4.69) is 46.6 Å². The summed E-state index contributed by atoms with van der Waals surface area (Å²) >= 11 is 0. The van der Waals surface area contributed by atoms with Crippen LogP contribution in [0.4, 0.5) is 0 Å². The smallest absolute Gasteiger partial charge is 0.254 e. The standard InChI is InChI=1S/C16H23N5/c1-9-6-12-13(17)7-16(4,5)8-14(12)21(9)15-18-10(2)11(3)19-20-15/h6,13H,7-8,17H2,1-5H3. The Morgan fingerprint density at radius 2 is 1.90 bits per heavy atom. The normalized spacial score (nSPS) is 20.4. The van der Waals surface area contributed by atoms with Gasteiger partial charge in [-0.2, -0.15) is 5.10 Å². The highest BCUT2D eigenvalue weighted by Crippen LogP contribution is 2.41. The summed E-state index contributed by atoms with van der Waals surface area (Å²) in [4.78, 5) is 4.61. The molecule has 0 saturated heterocycles. The first-order valence-corrected chi connectivity index (χ1v) is 7.43. The van der Waals surface area contributed by atoms with E-state index in [1.807, 2.05) is 13.8 Å². The van der Waals surface area contributed by atoms with Crippen LogP contribution in [0.2, 0.25) is 0 Å². The maximum absolute atomic E-state index is 6.37. The molecule has 5 nitrogen and oxygen atoms in total. The molecule has 1 aliphatic carbocycles. The van der Waals surface area contributed by atoms with Crippen LogP contribution in [0.5, 0.6) is 0 Å². The van der Waals surface area contributed by atoms with Gasteiger partial charge in [0.05, 0.1) is 11.4 Å². The minimum Gasteiger partial charge on any atom is -0.324 e. The van der Waals surface area contributed by atoms with Crippen LogP contribution in [0.1, 0.15) is 54.6 Å². The van der Waals surface area contributed by atoms with Gasteiger partial charge in [0.2, 0.25) is 0 Å². The lowest BCUT2D eigenvalue weighted by atomic mass is 9.74. The molecule has 112 valence electrons. The third-order valence-corrected chi connectivity index (χ3v) is 4.42. The lowest BCUT2D eigenvalue weighted by molar-refractivity contribution is 0.278. The molecule has 0 fully saturated rings. The Hall–Kier alpha value is -1.75. The van der Waals surface area contributed by atoms with E-state index in [1.54, 1.807) is 0 Å². The van der Waals surface area contributed by atoms with Gasteiger partial charge in [-0.1, -0.05) is 13.8 Å². The molecule has 2 heterocycles. The minimum absolute atomic E-state index is 0.0863. The van der Waals surface area contributed by atoms with Crippen molar-refractivity contribution in [3.05, 3.63) is 34.4 Å². The molecule has 0 aromatic carbocycles. The summed E-state index contributed by atoms with van der Waals surface area (Å²) in [6.45, 7) is 10.5. The molecule has 1 atom stereocenters. The largest absolute Gasteiger partial charge is 0.324 e. The van der Waals surface area contributed by atoms with Crippen LogP contribution < -0.4 is 5.73 Å². The van der Waals surface area contributed by atoms with Gasteiger partial charge in [-0.25, -0.2) is 4.98 Å². The van der Waals surface area contributed by atoms with Gasteiger partial charge < -0.3 is 5.73 Å². The zero-order valence-electron chi connectivity index (χ0n) is 13.4. The molecule has 0 spiro atoms. The molecule has 5 heteroatoms. The average molecular weight is 285 g/mol. The fourth-order valence-electron chi connectivity index (χ4n) is 3.27. The molecule has 0 radical (unpaired) electrons. The quantitative estimate of drug-likeness (QED) is 0.874.